The van der Waals surface area contributed by atoms with E-state index in [0.29, 0.717) is 30.3 Å². The maximum Gasteiger partial charge on any atom is 0.407 e. The van der Waals surface area contributed by atoms with Gasteiger partial charge >= 0.3 is 6.09 Å². The third-order valence-electron chi connectivity index (χ3n) is 7.09. The van der Waals surface area contributed by atoms with Crippen molar-refractivity contribution in [1.82, 2.24) is 9.80 Å². The van der Waals surface area contributed by atoms with Crippen LogP contribution in [0.3, 0.4) is 0 Å². The van der Waals surface area contributed by atoms with E-state index in [2.05, 4.69) is 6.07 Å². The number of aryl methyl sites for hydroxylation is 1. The average molecular weight is 575 g/mol. The van der Waals surface area contributed by atoms with Gasteiger partial charge in [-0.05, 0) is 87.8 Å². The molecule has 0 aliphatic heterocycles. The van der Waals surface area contributed by atoms with E-state index in [1.807, 2.05) is 49.9 Å². The van der Waals surface area contributed by atoms with Crippen LogP contribution in [0.1, 0.15) is 56.7 Å². The number of benzene rings is 2. The molecule has 1 atom stereocenters. The van der Waals surface area contributed by atoms with Gasteiger partial charge in [0.15, 0.2) is 0 Å². The van der Waals surface area contributed by atoms with E-state index >= 15 is 0 Å². The Kier molecular flexibility index (Phi) is 11.7. The monoisotopic (exact) mass is 574 g/mol. The van der Waals surface area contributed by atoms with Gasteiger partial charge in [0.25, 0.3) is 0 Å². The van der Waals surface area contributed by atoms with Gasteiger partial charge in [0, 0.05) is 43.4 Å². The summed E-state index contributed by atoms with van der Waals surface area (Å²) in [7, 11) is 1.69. The molecule has 0 spiro atoms. The highest BCUT2D eigenvalue weighted by Gasteiger charge is 2.39. The SMILES string of the molecule is COCCCc1ccc(Cl)c(CN(C(=O)C(Cc2ccc(OCCO)cc2)CN(C(=O)O)C(C)(C)C)C2CC2)c1. The maximum atomic E-state index is 14.2. The molecule has 0 saturated heterocycles. The fourth-order valence-corrected chi connectivity index (χ4v) is 4.95. The van der Waals surface area contributed by atoms with Gasteiger partial charge in [-0.25, -0.2) is 4.79 Å². The number of carbonyl (C=O) groups excluding carboxylic acids is 1. The lowest BCUT2D eigenvalue weighted by molar-refractivity contribution is -0.137. The Labute approximate surface area is 242 Å². The lowest BCUT2D eigenvalue weighted by Gasteiger charge is -2.37. The van der Waals surface area contributed by atoms with Gasteiger partial charge < -0.3 is 29.5 Å². The summed E-state index contributed by atoms with van der Waals surface area (Å²) < 4.78 is 10.7. The van der Waals surface area contributed by atoms with Crippen molar-refractivity contribution in [3.8, 4) is 5.75 Å². The van der Waals surface area contributed by atoms with Crippen LogP contribution in [-0.2, 0) is 28.9 Å². The third-order valence-corrected chi connectivity index (χ3v) is 7.46. The average Bonchev–Trinajstić information content (AvgIpc) is 3.75. The largest absolute Gasteiger partial charge is 0.491 e. The fraction of sp³-hybridized carbons (Fsp3) is 0.548. The summed E-state index contributed by atoms with van der Waals surface area (Å²) in [5.41, 5.74) is 2.27. The molecule has 1 saturated carbocycles. The van der Waals surface area contributed by atoms with Gasteiger partial charge in [0.05, 0.1) is 12.5 Å². The van der Waals surface area contributed by atoms with Crippen molar-refractivity contribution in [2.24, 2.45) is 5.92 Å². The molecule has 2 aromatic rings. The van der Waals surface area contributed by atoms with Gasteiger partial charge in [-0.1, -0.05) is 35.9 Å². The number of nitrogens with zero attached hydrogens (tertiary/aromatic N) is 2. The van der Waals surface area contributed by atoms with Crippen LogP contribution < -0.4 is 4.74 Å². The second-order valence-electron chi connectivity index (χ2n) is 11.4. The predicted octanol–water partition coefficient (Wildman–Crippen LogP) is 5.42. The summed E-state index contributed by atoms with van der Waals surface area (Å²) in [5.74, 6) is -0.0228. The quantitative estimate of drug-likeness (QED) is 0.276. The van der Waals surface area contributed by atoms with Gasteiger partial charge in [-0.2, -0.15) is 0 Å². The highest BCUT2D eigenvalue weighted by atomic mass is 35.5. The van der Waals surface area contributed by atoms with Crippen LogP contribution in [0.4, 0.5) is 4.79 Å². The van der Waals surface area contributed by atoms with E-state index in [-0.39, 0.29) is 31.7 Å². The molecule has 0 aromatic heterocycles. The summed E-state index contributed by atoms with van der Waals surface area (Å²) >= 11 is 6.60. The van der Waals surface area contributed by atoms with E-state index in [1.54, 1.807) is 19.2 Å². The molecule has 40 heavy (non-hydrogen) atoms. The lowest BCUT2D eigenvalue weighted by Crippen LogP contribution is -2.51. The Bertz CT molecular complexity index is 1110. The number of carboxylic acid groups (broad SMARTS) is 1. The molecule has 9 heteroatoms. The van der Waals surface area contributed by atoms with Gasteiger partial charge in [0.2, 0.25) is 5.91 Å². The molecule has 1 fully saturated rings. The molecule has 1 aliphatic carbocycles. The topological polar surface area (TPSA) is 99.5 Å². The summed E-state index contributed by atoms with van der Waals surface area (Å²) in [6.45, 7) is 6.77. The van der Waals surface area contributed by atoms with Crippen LogP contribution in [0.2, 0.25) is 5.02 Å². The summed E-state index contributed by atoms with van der Waals surface area (Å²) in [6, 6.07) is 13.5. The normalized spacial score (nSPS) is 14.1. The van der Waals surface area contributed by atoms with Crippen molar-refractivity contribution in [2.75, 3.05) is 33.5 Å². The number of rotatable bonds is 15. The zero-order chi connectivity index (χ0) is 29.3. The van der Waals surface area contributed by atoms with Crippen molar-refractivity contribution < 1.29 is 29.3 Å². The number of hydrogen-bond acceptors (Lipinski definition) is 5. The molecule has 2 N–H and O–H groups in total. The predicted molar refractivity (Wildman–Crippen MR) is 156 cm³/mol. The number of ether oxygens (including phenoxy) is 2. The molecule has 1 aliphatic rings. The second-order valence-corrected chi connectivity index (χ2v) is 11.8. The molecule has 1 unspecified atom stereocenters. The minimum atomic E-state index is -1.05. The Morgan fingerprint density at radius 1 is 1.07 bits per heavy atom. The van der Waals surface area contributed by atoms with E-state index in [1.165, 1.54) is 4.90 Å². The summed E-state index contributed by atoms with van der Waals surface area (Å²) in [5, 5.41) is 19.6. The molecular weight excluding hydrogens is 532 g/mol. The molecule has 0 radical (unpaired) electrons. The maximum absolute atomic E-state index is 14.2. The highest BCUT2D eigenvalue weighted by molar-refractivity contribution is 6.31. The molecule has 8 nitrogen and oxygen atoms in total. The van der Waals surface area contributed by atoms with Crippen molar-refractivity contribution in [3.05, 3.63) is 64.2 Å². The van der Waals surface area contributed by atoms with Crippen LogP contribution in [0.5, 0.6) is 5.75 Å². The van der Waals surface area contributed by atoms with Crippen molar-refractivity contribution in [1.29, 1.82) is 0 Å². The van der Waals surface area contributed by atoms with Crippen molar-refractivity contribution in [2.45, 2.75) is 71.0 Å². The number of hydrogen-bond donors (Lipinski definition) is 2. The molecule has 2 aromatic carbocycles. The van der Waals surface area contributed by atoms with E-state index in [9.17, 15) is 14.7 Å². The molecule has 0 bridgehead atoms. The van der Waals surface area contributed by atoms with Crippen LogP contribution in [-0.4, -0.2) is 77.1 Å². The van der Waals surface area contributed by atoms with Crippen LogP contribution >= 0.6 is 11.6 Å². The third kappa shape index (κ3) is 9.39. The Hall–Kier alpha value is -2.81. The molecule has 2 amide bonds. The molecule has 220 valence electrons. The Morgan fingerprint density at radius 3 is 2.33 bits per heavy atom. The zero-order valence-corrected chi connectivity index (χ0v) is 24.8. The lowest BCUT2D eigenvalue weighted by atomic mass is 9.94. The number of halogens is 1. The minimum Gasteiger partial charge on any atom is -0.491 e. The Morgan fingerprint density at radius 2 is 1.75 bits per heavy atom. The van der Waals surface area contributed by atoms with Crippen LogP contribution in [0, 0.1) is 5.92 Å². The van der Waals surface area contributed by atoms with Crippen LogP contribution in [0.15, 0.2) is 42.5 Å². The Balaban J connectivity index is 1.87. The van der Waals surface area contributed by atoms with Gasteiger partial charge in [0.1, 0.15) is 12.4 Å². The first-order valence-electron chi connectivity index (χ1n) is 13.9. The summed E-state index contributed by atoms with van der Waals surface area (Å²) in [6.07, 6.45) is 2.92. The minimum absolute atomic E-state index is 0.0699. The fourth-order valence-electron chi connectivity index (χ4n) is 4.78. The number of carbonyl (C=O) groups is 2. The first kappa shape index (κ1) is 31.7. The number of aliphatic hydroxyl groups excluding tert-OH is 1. The van der Waals surface area contributed by atoms with E-state index < -0.39 is 17.6 Å². The highest BCUT2D eigenvalue weighted by Crippen LogP contribution is 2.33. The smallest absolute Gasteiger partial charge is 0.407 e. The van der Waals surface area contributed by atoms with E-state index in [0.717, 1.165) is 42.4 Å². The van der Waals surface area contributed by atoms with Crippen LogP contribution in [0.25, 0.3) is 0 Å². The number of methoxy groups -OCH3 is 1. The second kappa shape index (κ2) is 14.7. The standard InChI is InChI=1S/C31H43ClN2O6/c1-31(2,3)34(30(37)38)21-25(19-23-7-12-27(13-8-23)40-17-15-35)29(36)33(26-10-11-26)20-24-18-22(6-5-16-39-4)9-14-28(24)32/h7-9,12-14,18,25-26,35H,5-6,10-11,15-17,19-21H2,1-4H3,(H,37,38). The van der Waals surface area contributed by atoms with Crippen molar-refractivity contribution >= 4 is 23.6 Å². The molecule has 0 heterocycles. The zero-order valence-electron chi connectivity index (χ0n) is 24.1. The first-order valence-corrected chi connectivity index (χ1v) is 14.3. The van der Waals surface area contributed by atoms with Gasteiger partial charge in [-0.3, -0.25) is 4.79 Å². The van der Waals surface area contributed by atoms with E-state index in [4.69, 9.17) is 26.2 Å². The summed E-state index contributed by atoms with van der Waals surface area (Å²) in [4.78, 5) is 29.7. The first-order chi connectivity index (χ1) is 19.0. The van der Waals surface area contributed by atoms with Crippen molar-refractivity contribution in [3.63, 3.8) is 0 Å². The number of aliphatic hydroxyl groups is 1. The molecule has 3 rings (SSSR count). The molecular formula is C31H43ClN2O6. The number of amides is 2. The van der Waals surface area contributed by atoms with Gasteiger partial charge in [-0.15, -0.1) is 0 Å².